The van der Waals surface area contributed by atoms with Gasteiger partial charge in [-0.2, -0.15) is 0 Å². The summed E-state index contributed by atoms with van der Waals surface area (Å²) < 4.78 is 4.88. The largest absolute Gasteiger partial charge is 0.447 e. The fourth-order valence-corrected chi connectivity index (χ4v) is 2.10. The van der Waals surface area contributed by atoms with E-state index < -0.39 is 0 Å². The van der Waals surface area contributed by atoms with Gasteiger partial charge in [-0.15, -0.1) is 12.4 Å². The monoisotopic (exact) mass is 275 g/mol. The highest BCUT2D eigenvalue weighted by Gasteiger charge is 2.23. The smallest absolute Gasteiger partial charge is 0.407 e. The minimum Gasteiger partial charge on any atom is -0.447 e. The molecule has 1 atom stereocenters. The predicted octanol–water partition coefficient (Wildman–Crippen LogP) is 3.56. The molecule has 0 unspecified atom stereocenters. The summed E-state index contributed by atoms with van der Waals surface area (Å²) in [7, 11) is 0. The van der Waals surface area contributed by atoms with Gasteiger partial charge in [0.2, 0.25) is 0 Å². The normalized spacial score (nSPS) is 17.3. The van der Waals surface area contributed by atoms with E-state index in [1.807, 2.05) is 30.3 Å². The van der Waals surface area contributed by atoms with Crippen molar-refractivity contribution in [2.45, 2.75) is 6.04 Å². The van der Waals surface area contributed by atoms with Crippen LogP contribution in [0.1, 0.15) is 11.6 Å². The summed E-state index contributed by atoms with van der Waals surface area (Å²) in [5.74, 6) is 0. The molecule has 3 nitrogen and oxygen atoms in total. The number of ether oxygens (including phenoxy) is 1. The van der Waals surface area contributed by atoms with Crippen molar-refractivity contribution in [3.63, 3.8) is 0 Å². The molecular weight excluding hydrogens is 262 g/mol. The molecule has 0 aromatic heterocycles. The van der Waals surface area contributed by atoms with Crippen LogP contribution in [-0.2, 0) is 4.74 Å². The van der Waals surface area contributed by atoms with E-state index in [0.717, 1.165) is 5.56 Å². The lowest BCUT2D eigenvalue weighted by Crippen LogP contribution is -2.18. The number of amides is 1. The minimum atomic E-state index is -0.341. The average Bonchev–Trinajstić information content (AvgIpc) is 2.87. The molecule has 1 aliphatic rings. The van der Waals surface area contributed by atoms with Gasteiger partial charge >= 0.3 is 6.09 Å². The number of halogens is 1. The molecule has 98 valence electrons. The number of alkyl carbamates (subject to hydrolysis) is 1. The molecule has 0 spiro atoms. The maximum Gasteiger partial charge on any atom is 0.407 e. The molecule has 1 saturated heterocycles. The topological polar surface area (TPSA) is 38.3 Å². The van der Waals surface area contributed by atoms with E-state index in [4.69, 9.17) is 4.74 Å². The number of carbonyl (C=O) groups is 1. The van der Waals surface area contributed by atoms with Crippen molar-refractivity contribution >= 4 is 18.5 Å². The van der Waals surface area contributed by atoms with Crippen molar-refractivity contribution < 1.29 is 9.53 Å². The number of cyclic esters (lactones) is 1. The molecule has 2 aromatic rings. The Morgan fingerprint density at radius 3 is 2.16 bits per heavy atom. The van der Waals surface area contributed by atoms with Crippen LogP contribution in [0.3, 0.4) is 0 Å². The molecule has 1 N–H and O–H groups in total. The van der Waals surface area contributed by atoms with Crippen LogP contribution in [-0.4, -0.2) is 12.7 Å². The number of rotatable bonds is 2. The van der Waals surface area contributed by atoms with Crippen LogP contribution in [0.2, 0.25) is 0 Å². The summed E-state index contributed by atoms with van der Waals surface area (Å²) in [5, 5.41) is 2.77. The number of hydrogen-bond donors (Lipinski definition) is 1. The van der Waals surface area contributed by atoms with E-state index in [9.17, 15) is 4.79 Å². The zero-order valence-corrected chi connectivity index (χ0v) is 11.0. The van der Waals surface area contributed by atoms with Crippen LogP contribution in [0.15, 0.2) is 54.6 Å². The summed E-state index contributed by atoms with van der Waals surface area (Å²) in [5.41, 5.74) is 3.43. The highest BCUT2D eigenvalue weighted by Crippen LogP contribution is 2.23. The SMILES string of the molecule is Cl.O=C1N[C@@H](c2ccc(-c3ccccc3)cc2)CO1. The average molecular weight is 276 g/mol. The Labute approximate surface area is 118 Å². The van der Waals surface area contributed by atoms with E-state index >= 15 is 0 Å². The van der Waals surface area contributed by atoms with Crippen LogP contribution >= 0.6 is 12.4 Å². The third kappa shape index (κ3) is 2.88. The third-order valence-electron chi connectivity index (χ3n) is 3.09. The molecule has 0 aliphatic carbocycles. The zero-order valence-electron chi connectivity index (χ0n) is 10.2. The summed E-state index contributed by atoms with van der Waals surface area (Å²) in [4.78, 5) is 11.0. The Bertz CT molecular complexity index is 554. The quantitative estimate of drug-likeness (QED) is 0.910. The Hall–Kier alpha value is -2.00. The summed E-state index contributed by atoms with van der Waals surface area (Å²) >= 11 is 0. The molecule has 2 aromatic carbocycles. The highest BCUT2D eigenvalue weighted by molar-refractivity contribution is 5.85. The zero-order chi connectivity index (χ0) is 12.4. The van der Waals surface area contributed by atoms with Crippen LogP contribution in [0, 0.1) is 0 Å². The van der Waals surface area contributed by atoms with Crippen molar-refractivity contribution in [3.05, 3.63) is 60.2 Å². The van der Waals surface area contributed by atoms with E-state index in [1.54, 1.807) is 0 Å². The minimum absolute atomic E-state index is 0. The van der Waals surface area contributed by atoms with E-state index in [2.05, 4.69) is 29.6 Å². The van der Waals surface area contributed by atoms with E-state index in [0.29, 0.717) is 6.61 Å². The lowest BCUT2D eigenvalue weighted by atomic mass is 10.0. The lowest BCUT2D eigenvalue weighted by Gasteiger charge is -2.08. The van der Waals surface area contributed by atoms with Gasteiger partial charge in [0.15, 0.2) is 0 Å². The fraction of sp³-hybridized carbons (Fsp3) is 0.133. The second kappa shape index (κ2) is 5.76. The molecule has 0 bridgehead atoms. The molecule has 1 amide bonds. The first kappa shape index (κ1) is 13.4. The lowest BCUT2D eigenvalue weighted by molar-refractivity contribution is 0.177. The number of nitrogens with one attached hydrogen (secondary N) is 1. The van der Waals surface area contributed by atoms with Gasteiger partial charge in [0, 0.05) is 0 Å². The summed E-state index contributed by atoms with van der Waals surface area (Å²) in [6.45, 7) is 0.406. The van der Waals surface area contributed by atoms with Gasteiger partial charge in [-0.25, -0.2) is 4.79 Å². The van der Waals surface area contributed by atoms with Crippen molar-refractivity contribution in [2.24, 2.45) is 0 Å². The van der Waals surface area contributed by atoms with Gasteiger partial charge in [0.1, 0.15) is 6.61 Å². The Kier molecular flexibility index (Phi) is 4.07. The molecule has 0 saturated carbocycles. The molecule has 1 fully saturated rings. The van der Waals surface area contributed by atoms with Gasteiger partial charge in [-0.05, 0) is 16.7 Å². The second-order valence-corrected chi connectivity index (χ2v) is 4.28. The van der Waals surface area contributed by atoms with Crippen LogP contribution in [0.5, 0.6) is 0 Å². The highest BCUT2D eigenvalue weighted by atomic mass is 35.5. The van der Waals surface area contributed by atoms with E-state index in [1.165, 1.54) is 11.1 Å². The fourth-order valence-electron chi connectivity index (χ4n) is 2.10. The molecule has 1 heterocycles. The summed E-state index contributed by atoms with van der Waals surface area (Å²) in [6, 6.07) is 18.4. The molecule has 19 heavy (non-hydrogen) atoms. The molecule has 3 rings (SSSR count). The van der Waals surface area contributed by atoms with Crippen LogP contribution in [0.25, 0.3) is 11.1 Å². The first-order chi connectivity index (χ1) is 8.83. The van der Waals surface area contributed by atoms with Crippen LogP contribution < -0.4 is 5.32 Å². The van der Waals surface area contributed by atoms with Gasteiger partial charge in [0.25, 0.3) is 0 Å². The molecule has 0 radical (unpaired) electrons. The first-order valence-electron chi connectivity index (χ1n) is 5.91. The van der Waals surface area contributed by atoms with Gasteiger partial charge in [-0.3, -0.25) is 0 Å². The maximum absolute atomic E-state index is 11.0. The van der Waals surface area contributed by atoms with Crippen molar-refractivity contribution in [1.29, 1.82) is 0 Å². The summed E-state index contributed by atoms with van der Waals surface area (Å²) in [6.07, 6.45) is -0.341. The molecular formula is C15H14ClNO2. The van der Waals surface area contributed by atoms with Crippen molar-refractivity contribution in [3.8, 4) is 11.1 Å². The Morgan fingerprint density at radius 2 is 1.58 bits per heavy atom. The molecule has 1 aliphatic heterocycles. The van der Waals surface area contributed by atoms with E-state index in [-0.39, 0.29) is 24.5 Å². The molecule has 4 heteroatoms. The van der Waals surface area contributed by atoms with Crippen molar-refractivity contribution in [2.75, 3.05) is 6.61 Å². The third-order valence-corrected chi connectivity index (χ3v) is 3.09. The first-order valence-corrected chi connectivity index (χ1v) is 5.91. The second-order valence-electron chi connectivity index (χ2n) is 4.28. The Balaban J connectivity index is 0.00000133. The van der Waals surface area contributed by atoms with Crippen molar-refractivity contribution in [1.82, 2.24) is 5.32 Å². The number of carbonyl (C=O) groups excluding carboxylic acids is 1. The Morgan fingerprint density at radius 1 is 0.947 bits per heavy atom. The van der Waals surface area contributed by atoms with Gasteiger partial charge in [0.05, 0.1) is 6.04 Å². The number of benzene rings is 2. The maximum atomic E-state index is 11.0. The van der Waals surface area contributed by atoms with Gasteiger partial charge < -0.3 is 10.1 Å². The van der Waals surface area contributed by atoms with Crippen LogP contribution in [0.4, 0.5) is 4.79 Å². The number of hydrogen-bond acceptors (Lipinski definition) is 2. The predicted molar refractivity (Wildman–Crippen MR) is 76.4 cm³/mol. The van der Waals surface area contributed by atoms with Gasteiger partial charge in [-0.1, -0.05) is 54.6 Å². The standard InChI is InChI=1S/C15H13NO2.ClH/c17-15-16-14(10-18-15)13-8-6-12(7-9-13)11-4-2-1-3-5-11;/h1-9,14H,10H2,(H,16,17);1H/t14-;/m1./s1.